The summed E-state index contributed by atoms with van der Waals surface area (Å²) in [5.74, 6) is -1.07. The second-order valence-electron chi connectivity index (χ2n) is 6.46. The van der Waals surface area contributed by atoms with Crippen LogP contribution >= 0.6 is 0 Å². The number of anilines is 1. The van der Waals surface area contributed by atoms with Crippen LogP contribution in [0.3, 0.4) is 0 Å². The predicted octanol–water partition coefficient (Wildman–Crippen LogP) is 4.44. The topological polar surface area (TPSA) is 50.4 Å². The van der Waals surface area contributed by atoms with Crippen molar-refractivity contribution < 1.29 is 22.7 Å². The van der Waals surface area contributed by atoms with Crippen LogP contribution in [0.4, 0.5) is 18.9 Å². The zero-order chi connectivity index (χ0) is 19.4. The number of halogens is 3. The van der Waals surface area contributed by atoms with Gasteiger partial charge in [-0.3, -0.25) is 4.79 Å². The van der Waals surface area contributed by atoms with Crippen LogP contribution in [0.2, 0.25) is 0 Å². The molecule has 2 aromatic carbocycles. The van der Waals surface area contributed by atoms with Gasteiger partial charge in [0.25, 0.3) is 0 Å². The van der Waals surface area contributed by atoms with E-state index in [9.17, 15) is 18.0 Å². The van der Waals surface area contributed by atoms with Crippen LogP contribution in [0.1, 0.15) is 30.4 Å². The van der Waals surface area contributed by atoms with Gasteiger partial charge in [0.15, 0.2) is 0 Å². The van der Waals surface area contributed by atoms with Crippen molar-refractivity contribution in [1.29, 1.82) is 0 Å². The Hall–Kier alpha value is -2.54. The van der Waals surface area contributed by atoms with Gasteiger partial charge in [0.1, 0.15) is 5.75 Å². The molecule has 1 aliphatic rings. The Kier molecular flexibility index (Phi) is 5.70. The SMILES string of the molecule is CCNCc1ccccc1NC(=O)C1CC1c1ccccc1OC(F)(F)F. The van der Waals surface area contributed by atoms with Gasteiger partial charge < -0.3 is 15.4 Å². The van der Waals surface area contributed by atoms with Crippen molar-refractivity contribution in [2.24, 2.45) is 5.92 Å². The first-order chi connectivity index (χ1) is 12.9. The molecule has 2 aromatic rings. The summed E-state index contributed by atoms with van der Waals surface area (Å²) in [6.45, 7) is 3.43. The van der Waals surface area contributed by atoms with E-state index in [0.29, 0.717) is 24.2 Å². The molecule has 3 rings (SSSR count). The first-order valence-corrected chi connectivity index (χ1v) is 8.83. The Labute approximate surface area is 155 Å². The fourth-order valence-corrected chi connectivity index (χ4v) is 3.11. The maximum absolute atomic E-state index is 12.6. The van der Waals surface area contributed by atoms with Crippen LogP contribution in [-0.4, -0.2) is 18.8 Å². The van der Waals surface area contributed by atoms with Gasteiger partial charge in [-0.05, 0) is 42.1 Å². The third kappa shape index (κ3) is 5.01. The van der Waals surface area contributed by atoms with Crippen molar-refractivity contribution in [3.63, 3.8) is 0 Å². The van der Waals surface area contributed by atoms with Gasteiger partial charge in [-0.2, -0.15) is 0 Å². The van der Waals surface area contributed by atoms with Crippen LogP contribution < -0.4 is 15.4 Å². The third-order valence-corrected chi connectivity index (χ3v) is 4.51. The van der Waals surface area contributed by atoms with E-state index in [1.165, 1.54) is 12.1 Å². The lowest BCUT2D eigenvalue weighted by Gasteiger charge is -2.14. The molecule has 2 unspecified atom stereocenters. The molecule has 0 radical (unpaired) electrons. The number of hydrogen-bond donors (Lipinski definition) is 2. The summed E-state index contributed by atoms with van der Waals surface area (Å²) in [6.07, 6.45) is -4.26. The summed E-state index contributed by atoms with van der Waals surface area (Å²) >= 11 is 0. The van der Waals surface area contributed by atoms with Gasteiger partial charge in [-0.1, -0.05) is 43.3 Å². The van der Waals surface area contributed by atoms with Gasteiger partial charge in [0.05, 0.1) is 0 Å². The van der Waals surface area contributed by atoms with Crippen LogP contribution in [0.15, 0.2) is 48.5 Å². The van der Waals surface area contributed by atoms with Gasteiger partial charge in [0.2, 0.25) is 5.91 Å². The van der Waals surface area contributed by atoms with Crippen LogP contribution in [0.5, 0.6) is 5.75 Å². The van der Waals surface area contributed by atoms with Crippen molar-refractivity contribution >= 4 is 11.6 Å². The summed E-state index contributed by atoms with van der Waals surface area (Å²) in [4.78, 5) is 12.6. The highest BCUT2D eigenvalue weighted by Crippen LogP contribution is 2.51. The number of hydrogen-bond acceptors (Lipinski definition) is 3. The zero-order valence-electron chi connectivity index (χ0n) is 14.8. The number of carbonyl (C=O) groups is 1. The predicted molar refractivity (Wildman–Crippen MR) is 96.4 cm³/mol. The number of alkyl halides is 3. The molecular formula is C20H21F3N2O2. The number of amides is 1. The lowest BCUT2D eigenvalue weighted by atomic mass is 10.1. The Morgan fingerprint density at radius 3 is 2.59 bits per heavy atom. The lowest BCUT2D eigenvalue weighted by molar-refractivity contribution is -0.274. The van der Waals surface area contributed by atoms with E-state index in [0.717, 1.165) is 12.1 Å². The Morgan fingerprint density at radius 2 is 1.85 bits per heavy atom. The molecule has 0 saturated heterocycles. The molecule has 1 aliphatic carbocycles. The minimum absolute atomic E-state index is 0.189. The largest absolute Gasteiger partial charge is 0.573 e. The van der Waals surface area contributed by atoms with E-state index in [4.69, 9.17) is 0 Å². The van der Waals surface area contributed by atoms with Gasteiger partial charge in [-0.15, -0.1) is 13.2 Å². The minimum atomic E-state index is -4.76. The highest BCUT2D eigenvalue weighted by molar-refractivity contribution is 5.96. The first-order valence-electron chi connectivity index (χ1n) is 8.83. The monoisotopic (exact) mass is 378 g/mol. The third-order valence-electron chi connectivity index (χ3n) is 4.51. The number of carbonyl (C=O) groups excluding carboxylic acids is 1. The van der Waals surface area contributed by atoms with Crippen LogP contribution in [0, 0.1) is 5.92 Å². The molecule has 0 aromatic heterocycles. The van der Waals surface area contributed by atoms with Crippen molar-refractivity contribution in [2.45, 2.75) is 32.2 Å². The summed E-state index contributed by atoms with van der Waals surface area (Å²) in [6, 6.07) is 13.5. The summed E-state index contributed by atoms with van der Waals surface area (Å²) in [7, 11) is 0. The van der Waals surface area contributed by atoms with E-state index >= 15 is 0 Å². The Balaban J connectivity index is 1.69. The highest BCUT2D eigenvalue weighted by Gasteiger charge is 2.46. The van der Waals surface area contributed by atoms with Gasteiger partial charge in [-0.25, -0.2) is 0 Å². The second-order valence-corrected chi connectivity index (χ2v) is 6.46. The highest BCUT2D eigenvalue weighted by atomic mass is 19.4. The van der Waals surface area contributed by atoms with Crippen LogP contribution in [-0.2, 0) is 11.3 Å². The standard InChI is InChI=1S/C20H21F3N2O2/c1-2-24-12-13-7-3-5-9-17(13)25-19(26)16-11-15(16)14-8-4-6-10-18(14)27-20(21,22)23/h3-10,15-16,24H,2,11-12H2,1H3,(H,25,26). The quantitative estimate of drug-likeness (QED) is 0.749. The molecule has 0 heterocycles. The minimum Gasteiger partial charge on any atom is -0.405 e. The molecule has 144 valence electrons. The van der Waals surface area contributed by atoms with Gasteiger partial charge in [0, 0.05) is 18.2 Å². The number of nitrogens with one attached hydrogen (secondary N) is 2. The molecular weight excluding hydrogens is 357 g/mol. The van der Waals surface area contributed by atoms with Gasteiger partial charge >= 0.3 is 6.36 Å². The summed E-state index contributed by atoms with van der Waals surface area (Å²) in [5.41, 5.74) is 2.09. The zero-order valence-corrected chi connectivity index (χ0v) is 14.8. The second kappa shape index (κ2) is 8.00. The van der Waals surface area contributed by atoms with E-state index in [1.807, 2.05) is 31.2 Å². The fourth-order valence-electron chi connectivity index (χ4n) is 3.11. The maximum Gasteiger partial charge on any atom is 0.573 e. The smallest absolute Gasteiger partial charge is 0.405 e. The fraction of sp³-hybridized carbons (Fsp3) is 0.350. The molecule has 0 spiro atoms. The average Bonchev–Trinajstić information content (AvgIpc) is 3.41. The molecule has 0 bridgehead atoms. The molecule has 27 heavy (non-hydrogen) atoms. The molecule has 1 amide bonds. The van der Waals surface area contributed by atoms with E-state index in [2.05, 4.69) is 15.4 Å². The average molecular weight is 378 g/mol. The molecule has 1 fully saturated rings. The number of benzene rings is 2. The number of rotatable bonds is 7. The maximum atomic E-state index is 12.6. The van der Waals surface area contributed by atoms with Crippen molar-refractivity contribution in [1.82, 2.24) is 5.32 Å². The molecule has 1 saturated carbocycles. The van der Waals surface area contributed by atoms with Crippen LogP contribution in [0.25, 0.3) is 0 Å². The molecule has 2 N–H and O–H groups in total. The molecule has 0 aliphatic heterocycles. The first kappa shape index (κ1) is 19.2. The molecule has 4 nitrogen and oxygen atoms in total. The number of para-hydroxylation sites is 2. The molecule has 2 atom stereocenters. The summed E-state index contributed by atoms with van der Waals surface area (Å²) < 4.78 is 41.9. The van der Waals surface area contributed by atoms with Crippen molar-refractivity contribution in [3.8, 4) is 5.75 Å². The normalized spacial score (nSPS) is 18.8. The van der Waals surface area contributed by atoms with E-state index < -0.39 is 6.36 Å². The Bertz CT molecular complexity index is 808. The van der Waals surface area contributed by atoms with Crippen molar-refractivity contribution in [2.75, 3.05) is 11.9 Å². The number of ether oxygens (including phenoxy) is 1. The Morgan fingerprint density at radius 1 is 1.15 bits per heavy atom. The lowest BCUT2D eigenvalue weighted by Crippen LogP contribution is -2.19. The van der Waals surface area contributed by atoms with E-state index in [-0.39, 0.29) is 23.5 Å². The summed E-state index contributed by atoms with van der Waals surface area (Å²) in [5, 5.41) is 6.12. The van der Waals surface area contributed by atoms with E-state index in [1.54, 1.807) is 12.1 Å². The molecule has 7 heteroatoms. The van der Waals surface area contributed by atoms with Crippen molar-refractivity contribution in [3.05, 3.63) is 59.7 Å².